The van der Waals surface area contributed by atoms with Gasteiger partial charge in [0.15, 0.2) is 0 Å². The number of nitrogens with one attached hydrogen (secondary N) is 3. The van der Waals surface area contributed by atoms with Crippen LogP contribution in [-0.4, -0.2) is 54.7 Å². The minimum Gasteiger partial charge on any atom is -0.311 e. The molecule has 1 saturated carbocycles. The van der Waals surface area contributed by atoms with Gasteiger partial charge in [0.05, 0.1) is 0 Å². The Balaban J connectivity index is 1.50. The average Bonchev–Trinajstić information content (AvgIpc) is 3.16. The summed E-state index contributed by atoms with van der Waals surface area (Å²) >= 11 is 0. The van der Waals surface area contributed by atoms with E-state index in [1.807, 2.05) is 0 Å². The number of carbonyl (C=O) groups is 2. The zero-order chi connectivity index (χ0) is 17.3. The Morgan fingerprint density at radius 2 is 2.00 bits per heavy atom. The number of hydrogen-bond donors (Lipinski definition) is 4. The van der Waals surface area contributed by atoms with Crippen LogP contribution in [0.2, 0.25) is 0 Å². The van der Waals surface area contributed by atoms with E-state index >= 15 is 0 Å². The van der Waals surface area contributed by atoms with Gasteiger partial charge in [-0.25, -0.2) is 10.3 Å². The molecule has 11 nitrogen and oxygen atoms in total. The second kappa shape index (κ2) is 6.80. The van der Waals surface area contributed by atoms with Crippen molar-refractivity contribution in [3.8, 4) is 0 Å². The SMILES string of the molecule is O=C(NOC1CC2CC2N1)[C@@H]1CCCCN1C(=O)NOS(=O)(=O)O. The average molecular weight is 364 g/mol. The number of fused-ring (bicyclic) bond motifs is 1. The molecular weight excluding hydrogens is 344 g/mol. The molecule has 0 aromatic rings. The lowest BCUT2D eigenvalue weighted by molar-refractivity contribution is -0.145. The van der Waals surface area contributed by atoms with Crippen LogP contribution >= 0.6 is 0 Å². The van der Waals surface area contributed by atoms with Crippen LogP contribution in [0, 0.1) is 5.92 Å². The van der Waals surface area contributed by atoms with Crippen LogP contribution in [0.4, 0.5) is 4.79 Å². The molecule has 3 unspecified atom stereocenters. The largest absolute Gasteiger partial charge is 0.418 e. The highest BCUT2D eigenvalue weighted by atomic mass is 32.3. The van der Waals surface area contributed by atoms with Crippen molar-refractivity contribution < 1.29 is 31.7 Å². The summed E-state index contributed by atoms with van der Waals surface area (Å²) in [4.78, 5) is 30.7. The zero-order valence-corrected chi connectivity index (χ0v) is 13.6. The van der Waals surface area contributed by atoms with Crippen molar-refractivity contribution in [3.63, 3.8) is 0 Å². The molecule has 0 radical (unpaired) electrons. The van der Waals surface area contributed by atoms with Crippen molar-refractivity contribution in [3.05, 3.63) is 0 Å². The molecule has 2 saturated heterocycles. The molecule has 12 heteroatoms. The second-order valence-corrected chi connectivity index (χ2v) is 7.22. The Morgan fingerprint density at radius 1 is 1.21 bits per heavy atom. The molecule has 3 amide bonds. The molecular formula is C12H20N4O7S. The summed E-state index contributed by atoms with van der Waals surface area (Å²) in [5.41, 5.74) is 3.96. The van der Waals surface area contributed by atoms with E-state index in [-0.39, 0.29) is 12.8 Å². The number of carbonyl (C=O) groups excluding carboxylic acids is 2. The maximum Gasteiger partial charge on any atom is 0.418 e. The number of rotatable bonds is 5. The highest BCUT2D eigenvalue weighted by Crippen LogP contribution is 2.40. The van der Waals surface area contributed by atoms with Crippen LogP contribution in [0.1, 0.15) is 32.1 Å². The van der Waals surface area contributed by atoms with E-state index in [2.05, 4.69) is 15.1 Å². The van der Waals surface area contributed by atoms with Gasteiger partial charge in [0.25, 0.3) is 5.91 Å². The summed E-state index contributed by atoms with van der Waals surface area (Å²) in [6.07, 6.45) is 3.56. The van der Waals surface area contributed by atoms with Gasteiger partial charge in [0.1, 0.15) is 12.3 Å². The van der Waals surface area contributed by atoms with E-state index in [9.17, 15) is 18.0 Å². The fourth-order valence-corrected chi connectivity index (χ4v) is 3.34. The van der Waals surface area contributed by atoms with E-state index in [4.69, 9.17) is 9.39 Å². The summed E-state index contributed by atoms with van der Waals surface area (Å²) in [5.74, 6) is 0.125. The molecule has 2 heterocycles. The minimum absolute atomic E-state index is 0.230. The van der Waals surface area contributed by atoms with Gasteiger partial charge in [-0.1, -0.05) is 0 Å². The number of nitrogens with zero attached hydrogens (tertiary/aromatic N) is 1. The number of urea groups is 1. The first kappa shape index (κ1) is 17.4. The Morgan fingerprint density at radius 3 is 2.67 bits per heavy atom. The molecule has 136 valence electrons. The molecule has 4 N–H and O–H groups in total. The predicted molar refractivity (Wildman–Crippen MR) is 78.2 cm³/mol. The summed E-state index contributed by atoms with van der Waals surface area (Å²) in [6, 6.07) is -1.26. The number of amides is 3. The van der Waals surface area contributed by atoms with E-state index in [0.717, 1.165) is 24.2 Å². The van der Waals surface area contributed by atoms with Gasteiger partial charge in [-0.3, -0.25) is 19.5 Å². The summed E-state index contributed by atoms with van der Waals surface area (Å²) < 4.78 is 33.3. The molecule has 24 heavy (non-hydrogen) atoms. The molecule has 3 rings (SSSR count). The number of hydrogen-bond acceptors (Lipinski definition) is 7. The molecule has 0 spiro atoms. The van der Waals surface area contributed by atoms with Crippen LogP contribution in [-0.2, 0) is 24.3 Å². The second-order valence-electron chi connectivity index (χ2n) is 6.20. The number of likely N-dealkylation sites (tertiary alicyclic amines) is 1. The van der Waals surface area contributed by atoms with E-state index in [0.29, 0.717) is 24.8 Å². The first-order valence-electron chi connectivity index (χ1n) is 7.77. The van der Waals surface area contributed by atoms with E-state index in [1.165, 1.54) is 0 Å². The third-order valence-electron chi connectivity index (χ3n) is 4.44. The number of piperidine rings is 2. The van der Waals surface area contributed by atoms with Crippen LogP contribution < -0.4 is 16.3 Å². The molecule has 4 atom stereocenters. The monoisotopic (exact) mass is 364 g/mol. The zero-order valence-electron chi connectivity index (χ0n) is 12.8. The van der Waals surface area contributed by atoms with Crippen molar-refractivity contribution in [2.75, 3.05) is 6.54 Å². The lowest BCUT2D eigenvalue weighted by Gasteiger charge is -2.34. The summed E-state index contributed by atoms with van der Waals surface area (Å²) in [6.45, 7) is 0.255. The van der Waals surface area contributed by atoms with Crippen LogP contribution in [0.15, 0.2) is 0 Å². The van der Waals surface area contributed by atoms with Crippen molar-refractivity contribution in [2.24, 2.45) is 5.92 Å². The van der Waals surface area contributed by atoms with Crippen molar-refractivity contribution in [1.82, 2.24) is 21.2 Å². The van der Waals surface area contributed by atoms with Crippen molar-refractivity contribution >= 4 is 22.3 Å². The third-order valence-corrected chi connectivity index (χ3v) is 4.74. The Hall–Kier alpha value is -1.47. The van der Waals surface area contributed by atoms with Gasteiger partial charge in [0.2, 0.25) is 0 Å². The van der Waals surface area contributed by atoms with Gasteiger partial charge < -0.3 is 4.90 Å². The highest BCUT2D eigenvalue weighted by molar-refractivity contribution is 7.80. The van der Waals surface area contributed by atoms with Crippen LogP contribution in [0.3, 0.4) is 0 Å². The number of hydroxylamine groups is 2. The van der Waals surface area contributed by atoms with Gasteiger partial charge in [0, 0.05) is 12.6 Å². The topological polar surface area (TPSA) is 146 Å². The standard InChI is InChI=1S/C12H20N4O7S/c17-11(14-22-10-6-7-5-8(7)13-10)9-3-1-2-4-16(9)12(18)15-23-24(19,20)21/h7-10,13H,1-6H2,(H,14,17)(H,15,18)(H,19,20,21)/t7?,8?,9-,10?/m0/s1. The first-order valence-corrected chi connectivity index (χ1v) is 9.14. The smallest absolute Gasteiger partial charge is 0.311 e. The highest BCUT2D eigenvalue weighted by Gasteiger charge is 2.46. The maximum absolute atomic E-state index is 12.3. The van der Waals surface area contributed by atoms with Crippen molar-refractivity contribution in [2.45, 2.75) is 50.4 Å². The van der Waals surface area contributed by atoms with Gasteiger partial charge in [-0.05, 0) is 38.0 Å². The molecule has 0 aromatic carbocycles. The summed E-state index contributed by atoms with van der Waals surface area (Å²) in [5, 5.41) is 3.21. The molecule has 0 bridgehead atoms. The van der Waals surface area contributed by atoms with Gasteiger partial charge >= 0.3 is 16.4 Å². The Kier molecular flexibility index (Phi) is 4.92. The molecule has 1 aliphatic carbocycles. The lowest BCUT2D eigenvalue weighted by atomic mass is 10.0. The summed E-state index contributed by atoms with van der Waals surface area (Å²) in [7, 11) is -4.81. The molecule has 2 aliphatic heterocycles. The first-order chi connectivity index (χ1) is 11.3. The molecule has 3 aliphatic rings. The minimum atomic E-state index is -4.81. The van der Waals surface area contributed by atoms with E-state index in [1.54, 1.807) is 5.48 Å². The normalized spacial score (nSPS) is 32.1. The molecule has 0 aromatic heterocycles. The fraction of sp³-hybridized carbons (Fsp3) is 0.833. The van der Waals surface area contributed by atoms with Gasteiger partial charge in [-0.2, -0.15) is 13.9 Å². The predicted octanol–water partition coefficient (Wildman–Crippen LogP) is -0.959. The van der Waals surface area contributed by atoms with E-state index < -0.39 is 28.4 Å². The lowest BCUT2D eigenvalue weighted by Crippen LogP contribution is -2.55. The van der Waals surface area contributed by atoms with Crippen LogP contribution in [0.5, 0.6) is 0 Å². The van der Waals surface area contributed by atoms with Crippen LogP contribution in [0.25, 0.3) is 0 Å². The fourth-order valence-electron chi connectivity index (χ4n) is 3.17. The quantitative estimate of drug-likeness (QED) is 0.360. The molecule has 3 fully saturated rings. The maximum atomic E-state index is 12.3. The Bertz CT molecular complexity index is 603. The Labute approximate surface area is 138 Å². The van der Waals surface area contributed by atoms with Crippen molar-refractivity contribution in [1.29, 1.82) is 0 Å². The van der Waals surface area contributed by atoms with Gasteiger partial charge in [-0.15, -0.1) is 4.28 Å². The third kappa shape index (κ3) is 4.33.